The number of hydrogen-bond donors (Lipinski definition) is 1. The molecule has 35 heavy (non-hydrogen) atoms. The molecule has 6 nitrogen and oxygen atoms in total. The van der Waals surface area contributed by atoms with Crippen LogP contribution in [0.3, 0.4) is 0 Å². The van der Waals surface area contributed by atoms with E-state index in [1.54, 1.807) is 0 Å². The summed E-state index contributed by atoms with van der Waals surface area (Å²) >= 11 is 0. The number of benzene rings is 3. The fourth-order valence-electron chi connectivity index (χ4n) is 4.09. The first kappa shape index (κ1) is 24.3. The Labute approximate surface area is 206 Å². The number of fused-ring (bicyclic) bond motifs is 1. The van der Waals surface area contributed by atoms with Gasteiger partial charge in [-0.05, 0) is 74.2 Å². The minimum Gasteiger partial charge on any atom is -0.492 e. The molecule has 182 valence electrons. The summed E-state index contributed by atoms with van der Waals surface area (Å²) in [5.74, 6) is 2.17. The molecule has 1 heterocycles. The Kier molecular flexibility index (Phi) is 7.70. The first-order valence-corrected chi connectivity index (χ1v) is 12.1. The monoisotopic (exact) mass is 471 g/mol. The average Bonchev–Trinajstić information content (AvgIpc) is 3.24. The smallest absolute Gasteiger partial charge is 0.258 e. The Morgan fingerprint density at radius 1 is 1.03 bits per heavy atom. The van der Waals surface area contributed by atoms with Crippen LogP contribution in [-0.2, 0) is 17.8 Å². The van der Waals surface area contributed by atoms with E-state index in [1.807, 2.05) is 75.4 Å². The fraction of sp³-hybridized carbons (Fsp3) is 0.310. The summed E-state index contributed by atoms with van der Waals surface area (Å²) in [6.07, 6.45) is 1.00. The Morgan fingerprint density at radius 3 is 2.57 bits per heavy atom. The van der Waals surface area contributed by atoms with Crippen molar-refractivity contribution < 1.29 is 14.3 Å². The lowest BCUT2D eigenvalue weighted by Gasteiger charge is -2.17. The van der Waals surface area contributed by atoms with Crippen LogP contribution < -0.4 is 14.8 Å². The standard InChI is InChI=1S/C29H33N3O3/c1-5-23-12-14-24(15-13-23)34-17-16-32-26-9-7-6-8-25(26)31-29(32)22(4)30-28(33)19-35-27-18-20(2)10-11-21(27)3/h6-15,18,22H,5,16-17,19H2,1-4H3,(H,30,33). The van der Waals surface area contributed by atoms with Crippen LogP contribution >= 0.6 is 0 Å². The second-order valence-electron chi connectivity index (χ2n) is 8.80. The van der Waals surface area contributed by atoms with Crippen LogP contribution in [0.25, 0.3) is 11.0 Å². The number of rotatable bonds is 10. The molecule has 1 unspecified atom stereocenters. The number of ether oxygens (including phenoxy) is 2. The van der Waals surface area contributed by atoms with Gasteiger partial charge in [0.15, 0.2) is 6.61 Å². The molecule has 4 rings (SSSR count). The first-order valence-electron chi connectivity index (χ1n) is 12.1. The molecule has 4 aromatic rings. The Balaban J connectivity index is 1.43. The number of amides is 1. The Bertz CT molecular complexity index is 1290. The molecular weight excluding hydrogens is 438 g/mol. The van der Waals surface area contributed by atoms with Crippen LogP contribution in [0.4, 0.5) is 0 Å². The minimum absolute atomic E-state index is 0.0499. The number of carbonyl (C=O) groups excluding carboxylic acids is 1. The summed E-state index contributed by atoms with van der Waals surface area (Å²) in [5, 5.41) is 3.03. The molecule has 0 bridgehead atoms. The van der Waals surface area contributed by atoms with Gasteiger partial charge in [0.1, 0.15) is 23.9 Å². The molecule has 1 amide bonds. The summed E-state index contributed by atoms with van der Waals surface area (Å²) in [6, 6.07) is 21.9. The predicted octanol–water partition coefficient (Wildman–Crippen LogP) is 5.55. The molecule has 1 atom stereocenters. The molecule has 0 aliphatic rings. The second kappa shape index (κ2) is 11.1. The number of carbonyl (C=O) groups is 1. The van der Waals surface area contributed by atoms with Crippen LogP contribution in [-0.4, -0.2) is 28.7 Å². The van der Waals surface area contributed by atoms with Crippen molar-refractivity contribution in [2.75, 3.05) is 13.2 Å². The molecule has 0 saturated heterocycles. The molecule has 0 radical (unpaired) electrons. The number of para-hydroxylation sites is 2. The van der Waals surface area contributed by atoms with E-state index in [1.165, 1.54) is 5.56 Å². The van der Waals surface area contributed by atoms with E-state index in [9.17, 15) is 4.79 Å². The summed E-state index contributed by atoms with van der Waals surface area (Å²) in [6.45, 7) is 9.11. The second-order valence-corrected chi connectivity index (χ2v) is 8.80. The number of aryl methyl sites for hydroxylation is 3. The molecule has 0 aliphatic heterocycles. The molecule has 1 aromatic heterocycles. The maximum absolute atomic E-state index is 12.7. The van der Waals surface area contributed by atoms with Gasteiger partial charge in [-0.1, -0.05) is 43.3 Å². The quantitative estimate of drug-likeness (QED) is 0.329. The summed E-state index contributed by atoms with van der Waals surface area (Å²) < 4.78 is 13.9. The van der Waals surface area contributed by atoms with Gasteiger partial charge in [-0.25, -0.2) is 4.98 Å². The highest BCUT2D eigenvalue weighted by molar-refractivity contribution is 5.79. The lowest BCUT2D eigenvalue weighted by molar-refractivity contribution is -0.123. The van der Waals surface area contributed by atoms with Crippen molar-refractivity contribution in [3.05, 3.63) is 89.2 Å². The van der Waals surface area contributed by atoms with E-state index in [0.29, 0.717) is 13.2 Å². The van der Waals surface area contributed by atoms with Crippen molar-refractivity contribution in [2.45, 2.75) is 46.7 Å². The van der Waals surface area contributed by atoms with Crippen LogP contribution in [0.1, 0.15) is 42.4 Å². The van der Waals surface area contributed by atoms with Gasteiger partial charge in [-0.2, -0.15) is 0 Å². The van der Waals surface area contributed by atoms with Crippen molar-refractivity contribution in [2.24, 2.45) is 0 Å². The molecule has 0 fully saturated rings. The van der Waals surface area contributed by atoms with Crippen molar-refractivity contribution in [3.63, 3.8) is 0 Å². The van der Waals surface area contributed by atoms with Crippen LogP contribution in [0.2, 0.25) is 0 Å². The van der Waals surface area contributed by atoms with Gasteiger partial charge in [0, 0.05) is 0 Å². The zero-order valence-corrected chi connectivity index (χ0v) is 20.9. The number of hydrogen-bond acceptors (Lipinski definition) is 4. The van der Waals surface area contributed by atoms with Crippen molar-refractivity contribution >= 4 is 16.9 Å². The van der Waals surface area contributed by atoms with Gasteiger partial charge >= 0.3 is 0 Å². The number of nitrogens with zero attached hydrogens (tertiary/aromatic N) is 2. The zero-order chi connectivity index (χ0) is 24.8. The summed E-state index contributed by atoms with van der Waals surface area (Å²) in [4.78, 5) is 17.5. The predicted molar refractivity (Wildman–Crippen MR) is 139 cm³/mol. The van der Waals surface area contributed by atoms with E-state index in [4.69, 9.17) is 14.5 Å². The summed E-state index contributed by atoms with van der Waals surface area (Å²) in [7, 11) is 0. The lowest BCUT2D eigenvalue weighted by atomic mass is 10.1. The van der Waals surface area contributed by atoms with E-state index in [-0.39, 0.29) is 18.6 Å². The molecule has 3 aromatic carbocycles. The van der Waals surface area contributed by atoms with Gasteiger partial charge in [0.05, 0.1) is 23.6 Å². The van der Waals surface area contributed by atoms with Crippen LogP contribution in [0.5, 0.6) is 11.5 Å². The van der Waals surface area contributed by atoms with Crippen LogP contribution in [0, 0.1) is 13.8 Å². The van der Waals surface area contributed by atoms with E-state index in [0.717, 1.165) is 45.9 Å². The fourth-order valence-corrected chi connectivity index (χ4v) is 4.09. The van der Waals surface area contributed by atoms with E-state index in [2.05, 4.69) is 28.9 Å². The topological polar surface area (TPSA) is 65.4 Å². The van der Waals surface area contributed by atoms with Gasteiger partial charge in [-0.3, -0.25) is 4.79 Å². The third kappa shape index (κ3) is 6.01. The molecular formula is C29H33N3O3. The Hall–Kier alpha value is -3.80. The number of imidazole rings is 1. The van der Waals surface area contributed by atoms with Crippen molar-refractivity contribution in [3.8, 4) is 11.5 Å². The molecule has 1 N–H and O–H groups in total. The molecule has 0 saturated carbocycles. The molecule has 0 spiro atoms. The van der Waals surface area contributed by atoms with Gasteiger partial charge in [-0.15, -0.1) is 0 Å². The number of nitrogens with one attached hydrogen (secondary N) is 1. The highest BCUT2D eigenvalue weighted by atomic mass is 16.5. The average molecular weight is 472 g/mol. The van der Waals surface area contributed by atoms with Gasteiger partial charge < -0.3 is 19.4 Å². The summed E-state index contributed by atoms with van der Waals surface area (Å²) in [5.41, 5.74) is 5.29. The largest absolute Gasteiger partial charge is 0.492 e. The third-order valence-corrected chi connectivity index (χ3v) is 6.07. The zero-order valence-electron chi connectivity index (χ0n) is 20.9. The highest BCUT2D eigenvalue weighted by Gasteiger charge is 2.19. The van der Waals surface area contributed by atoms with E-state index >= 15 is 0 Å². The van der Waals surface area contributed by atoms with Gasteiger partial charge in [0.2, 0.25) is 0 Å². The van der Waals surface area contributed by atoms with Crippen molar-refractivity contribution in [1.29, 1.82) is 0 Å². The first-order chi connectivity index (χ1) is 16.9. The minimum atomic E-state index is -0.291. The SMILES string of the molecule is CCc1ccc(OCCn2c(C(C)NC(=O)COc3cc(C)ccc3C)nc3ccccc32)cc1. The molecule has 6 heteroatoms. The maximum Gasteiger partial charge on any atom is 0.258 e. The number of aromatic nitrogens is 2. The van der Waals surface area contributed by atoms with Gasteiger partial charge in [0.25, 0.3) is 5.91 Å². The third-order valence-electron chi connectivity index (χ3n) is 6.07. The van der Waals surface area contributed by atoms with Crippen LogP contribution in [0.15, 0.2) is 66.7 Å². The van der Waals surface area contributed by atoms with Crippen molar-refractivity contribution in [1.82, 2.24) is 14.9 Å². The van der Waals surface area contributed by atoms with E-state index < -0.39 is 0 Å². The maximum atomic E-state index is 12.7. The molecule has 0 aliphatic carbocycles. The normalized spacial score (nSPS) is 11.9. The lowest BCUT2D eigenvalue weighted by Crippen LogP contribution is -2.33. The Morgan fingerprint density at radius 2 is 1.80 bits per heavy atom. The highest BCUT2D eigenvalue weighted by Crippen LogP contribution is 2.22.